The molecule has 1 aromatic rings. The summed E-state index contributed by atoms with van der Waals surface area (Å²) in [6, 6.07) is 4.79. The third-order valence-corrected chi connectivity index (χ3v) is 3.91. The molecule has 1 saturated heterocycles. The van der Waals surface area contributed by atoms with Crippen LogP contribution in [0.4, 0.5) is 10.5 Å². The van der Waals surface area contributed by atoms with E-state index in [-0.39, 0.29) is 32.1 Å². The summed E-state index contributed by atoms with van der Waals surface area (Å²) < 4.78 is 9.80. The maximum atomic E-state index is 12.6. The van der Waals surface area contributed by atoms with E-state index < -0.39 is 28.4 Å². The zero-order valence-corrected chi connectivity index (χ0v) is 14.4. The van der Waals surface area contributed by atoms with E-state index in [2.05, 4.69) is 5.32 Å². The van der Waals surface area contributed by atoms with Gasteiger partial charge in [0.25, 0.3) is 11.6 Å². The van der Waals surface area contributed by atoms with Crippen molar-refractivity contribution in [2.45, 2.75) is 19.4 Å². The summed E-state index contributed by atoms with van der Waals surface area (Å²) >= 11 is 0. The highest BCUT2D eigenvalue weighted by Gasteiger charge is 2.48. The Balaban J connectivity index is 2.00. The molecule has 1 aromatic carbocycles. The number of nitro groups is 1. The van der Waals surface area contributed by atoms with Crippen molar-refractivity contribution in [3.8, 4) is 0 Å². The monoisotopic (exact) mass is 365 g/mol. The average Bonchev–Trinajstić information content (AvgIpc) is 2.82. The molecular weight excluding hydrogens is 346 g/mol. The number of nitrogens with one attached hydrogen (secondary N) is 1. The molecule has 0 radical (unpaired) electrons. The van der Waals surface area contributed by atoms with Gasteiger partial charge in [-0.1, -0.05) is 0 Å². The van der Waals surface area contributed by atoms with Crippen LogP contribution in [0.2, 0.25) is 0 Å². The van der Waals surface area contributed by atoms with Crippen LogP contribution in [0.3, 0.4) is 0 Å². The number of nitrogens with zero attached hydrogens (tertiary/aromatic N) is 2. The molecule has 140 valence electrons. The molecule has 1 aliphatic rings. The maximum absolute atomic E-state index is 12.6. The molecule has 1 atom stereocenters. The van der Waals surface area contributed by atoms with Gasteiger partial charge in [-0.3, -0.25) is 19.8 Å². The molecule has 26 heavy (non-hydrogen) atoms. The Hall–Kier alpha value is -3.01. The number of non-ortho nitro benzene ring substituents is 1. The van der Waals surface area contributed by atoms with Crippen LogP contribution in [-0.2, 0) is 24.6 Å². The van der Waals surface area contributed by atoms with Gasteiger partial charge < -0.3 is 14.8 Å². The molecular formula is C16H19N3O7. The molecule has 2 rings (SSSR count). The van der Waals surface area contributed by atoms with Gasteiger partial charge in [0.05, 0.1) is 24.7 Å². The summed E-state index contributed by atoms with van der Waals surface area (Å²) in [7, 11) is 0. The van der Waals surface area contributed by atoms with Gasteiger partial charge in [0.1, 0.15) is 12.1 Å². The Kier molecular flexibility index (Phi) is 5.88. The van der Waals surface area contributed by atoms with Crippen molar-refractivity contribution in [3.63, 3.8) is 0 Å². The number of esters is 1. The Morgan fingerprint density at radius 1 is 1.31 bits per heavy atom. The lowest BCUT2D eigenvalue weighted by Crippen LogP contribution is -2.41. The van der Waals surface area contributed by atoms with Gasteiger partial charge in [0.2, 0.25) is 0 Å². The Morgan fingerprint density at radius 2 is 1.96 bits per heavy atom. The van der Waals surface area contributed by atoms with Crippen LogP contribution >= 0.6 is 0 Å². The van der Waals surface area contributed by atoms with Crippen LogP contribution in [0.1, 0.15) is 19.4 Å². The fraction of sp³-hybridized carbons (Fsp3) is 0.438. The predicted octanol–water partition coefficient (Wildman–Crippen LogP) is 0.941. The number of nitro benzene ring substituents is 1. The number of imide groups is 1. The van der Waals surface area contributed by atoms with Gasteiger partial charge in [0, 0.05) is 12.1 Å². The van der Waals surface area contributed by atoms with Crippen molar-refractivity contribution in [2.24, 2.45) is 0 Å². The van der Waals surface area contributed by atoms with Crippen LogP contribution in [0.5, 0.6) is 0 Å². The van der Waals surface area contributed by atoms with Gasteiger partial charge in [-0.05, 0) is 31.5 Å². The van der Waals surface area contributed by atoms with Crippen LogP contribution in [-0.4, -0.2) is 54.1 Å². The molecule has 0 bridgehead atoms. The van der Waals surface area contributed by atoms with Gasteiger partial charge >= 0.3 is 12.0 Å². The van der Waals surface area contributed by atoms with Gasteiger partial charge in [-0.25, -0.2) is 9.59 Å². The number of ether oxygens (including phenoxy) is 2. The topological polar surface area (TPSA) is 128 Å². The molecule has 0 spiro atoms. The van der Waals surface area contributed by atoms with Crippen LogP contribution in [0.15, 0.2) is 24.3 Å². The highest BCUT2D eigenvalue weighted by molar-refractivity contribution is 6.07. The summed E-state index contributed by atoms with van der Waals surface area (Å²) in [5.74, 6) is -1.03. The fourth-order valence-corrected chi connectivity index (χ4v) is 2.53. The van der Waals surface area contributed by atoms with E-state index in [4.69, 9.17) is 9.47 Å². The molecule has 0 aromatic heterocycles. The number of rotatable bonds is 8. The van der Waals surface area contributed by atoms with E-state index >= 15 is 0 Å². The first-order chi connectivity index (χ1) is 12.3. The molecule has 1 fully saturated rings. The van der Waals surface area contributed by atoms with Crippen LogP contribution in [0, 0.1) is 10.1 Å². The number of hydrogen-bond donors (Lipinski definition) is 1. The third kappa shape index (κ3) is 3.97. The predicted molar refractivity (Wildman–Crippen MR) is 88.1 cm³/mol. The lowest BCUT2D eigenvalue weighted by molar-refractivity contribution is -0.384. The molecule has 10 nitrogen and oxygen atoms in total. The van der Waals surface area contributed by atoms with Gasteiger partial charge in [0.15, 0.2) is 0 Å². The minimum absolute atomic E-state index is 0.0195. The van der Waals surface area contributed by atoms with E-state index in [0.717, 1.165) is 4.90 Å². The van der Waals surface area contributed by atoms with Crippen LogP contribution < -0.4 is 5.32 Å². The minimum Gasteiger partial charge on any atom is -0.464 e. The van der Waals surface area contributed by atoms with Gasteiger partial charge in [-0.15, -0.1) is 0 Å². The number of carbonyl (C=O) groups is 3. The molecule has 0 saturated carbocycles. The Bertz CT molecular complexity index is 719. The molecule has 1 aliphatic heterocycles. The Labute approximate surface area is 149 Å². The molecule has 10 heteroatoms. The molecule has 1 heterocycles. The average molecular weight is 365 g/mol. The molecule has 0 aliphatic carbocycles. The smallest absolute Gasteiger partial charge is 0.332 e. The van der Waals surface area contributed by atoms with Crippen molar-refractivity contribution in [3.05, 3.63) is 39.9 Å². The number of urea groups is 1. The molecule has 3 amide bonds. The normalized spacial score (nSPS) is 19.4. The van der Waals surface area contributed by atoms with Crippen molar-refractivity contribution in [2.75, 3.05) is 26.4 Å². The summed E-state index contributed by atoms with van der Waals surface area (Å²) in [4.78, 5) is 47.1. The van der Waals surface area contributed by atoms with E-state index in [1.165, 1.54) is 31.2 Å². The lowest BCUT2D eigenvalue weighted by Gasteiger charge is -2.22. The Morgan fingerprint density at radius 3 is 2.54 bits per heavy atom. The number of hydrogen-bond acceptors (Lipinski definition) is 7. The van der Waals surface area contributed by atoms with E-state index in [1.807, 2.05) is 0 Å². The number of benzene rings is 1. The van der Waals surface area contributed by atoms with Crippen molar-refractivity contribution >= 4 is 23.6 Å². The summed E-state index contributed by atoms with van der Waals surface area (Å²) in [5.41, 5.74) is -1.01. The van der Waals surface area contributed by atoms with Crippen molar-refractivity contribution in [1.29, 1.82) is 0 Å². The van der Waals surface area contributed by atoms with E-state index in [0.29, 0.717) is 5.56 Å². The highest BCUT2D eigenvalue weighted by Crippen LogP contribution is 2.29. The van der Waals surface area contributed by atoms with E-state index in [9.17, 15) is 24.5 Å². The second-order valence-corrected chi connectivity index (χ2v) is 5.67. The largest absolute Gasteiger partial charge is 0.464 e. The SMILES string of the molecule is CCOC(=O)COCCN1C(=O)N[C@](C)(c2ccc([N+](=O)[O-])cc2)C1=O. The first-order valence-corrected chi connectivity index (χ1v) is 7.92. The quantitative estimate of drug-likeness (QED) is 0.239. The maximum Gasteiger partial charge on any atom is 0.332 e. The fourth-order valence-electron chi connectivity index (χ4n) is 2.53. The zero-order valence-electron chi connectivity index (χ0n) is 14.4. The highest BCUT2D eigenvalue weighted by atomic mass is 16.6. The lowest BCUT2D eigenvalue weighted by atomic mass is 9.92. The third-order valence-electron chi connectivity index (χ3n) is 3.91. The standard InChI is InChI=1S/C16H19N3O7/c1-3-26-13(20)10-25-9-8-18-14(21)16(2,17-15(18)22)11-4-6-12(7-5-11)19(23)24/h4-7H,3,8-10H2,1-2H3,(H,17,22)/t16-/m1/s1. The molecule has 1 N–H and O–H groups in total. The zero-order chi connectivity index (χ0) is 19.3. The van der Waals surface area contributed by atoms with Gasteiger partial charge in [-0.2, -0.15) is 0 Å². The number of carbonyl (C=O) groups excluding carboxylic acids is 3. The first kappa shape index (κ1) is 19.3. The van der Waals surface area contributed by atoms with Crippen LogP contribution in [0.25, 0.3) is 0 Å². The molecule has 0 unspecified atom stereocenters. The van der Waals surface area contributed by atoms with Crippen molar-refractivity contribution in [1.82, 2.24) is 10.2 Å². The second-order valence-electron chi connectivity index (χ2n) is 5.67. The summed E-state index contributed by atoms with van der Waals surface area (Å²) in [6.45, 7) is 3.11. The number of amides is 3. The summed E-state index contributed by atoms with van der Waals surface area (Å²) in [5, 5.41) is 13.3. The first-order valence-electron chi connectivity index (χ1n) is 7.92. The van der Waals surface area contributed by atoms with E-state index in [1.54, 1.807) is 6.92 Å². The van der Waals surface area contributed by atoms with Crippen molar-refractivity contribution < 1.29 is 28.8 Å². The summed E-state index contributed by atoms with van der Waals surface area (Å²) in [6.07, 6.45) is 0. The second kappa shape index (κ2) is 7.91. The minimum atomic E-state index is -1.33.